The molecular weight excluding hydrogens is 300 g/mol. The van der Waals surface area contributed by atoms with Gasteiger partial charge in [0, 0.05) is 16.3 Å². The molecule has 1 spiro atoms. The van der Waals surface area contributed by atoms with Gasteiger partial charge >= 0.3 is 0 Å². The van der Waals surface area contributed by atoms with E-state index in [9.17, 15) is 0 Å². The minimum Gasteiger partial charge on any atom is -0.359 e. The molecule has 1 atom stereocenters. The van der Waals surface area contributed by atoms with E-state index in [0.717, 1.165) is 16.1 Å². The predicted octanol–water partition coefficient (Wildman–Crippen LogP) is 5.04. The summed E-state index contributed by atoms with van der Waals surface area (Å²) >= 11 is 7.95. The lowest BCUT2D eigenvalue weighted by Gasteiger charge is -2.35. The zero-order valence-corrected chi connectivity index (χ0v) is 14.3. The Morgan fingerprint density at radius 2 is 2.14 bits per heavy atom. The number of halogens is 1. The van der Waals surface area contributed by atoms with Gasteiger partial charge in [-0.15, -0.1) is 0 Å². The molecule has 1 unspecified atom stereocenters. The standard InChI is InChI=1S/C17H23ClN2S/c1-12-6-8-17(9-7-12)11-21-16(20-17)19-13(2)14-4-3-5-15(18)10-14/h3-5,10,12-13H,6-9,11H2,1-2H3,(H,19,20). The topological polar surface area (TPSA) is 24.4 Å². The number of hydrogen-bond acceptors (Lipinski definition) is 2. The van der Waals surface area contributed by atoms with Crippen LogP contribution in [0.2, 0.25) is 5.02 Å². The Balaban J connectivity index is 1.68. The molecule has 21 heavy (non-hydrogen) atoms. The van der Waals surface area contributed by atoms with Gasteiger partial charge in [0.25, 0.3) is 0 Å². The van der Waals surface area contributed by atoms with E-state index in [4.69, 9.17) is 16.6 Å². The van der Waals surface area contributed by atoms with Gasteiger partial charge in [0.05, 0.1) is 6.04 Å². The first-order valence-electron chi connectivity index (χ1n) is 7.81. The third-order valence-corrected chi connectivity index (χ3v) is 6.14. The predicted molar refractivity (Wildman–Crippen MR) is 93.3 cm³/mol. The second kappa shape index (κ2) is 6.21. The third-order valence-electron chi connectivity index (χ3n) is 4.73. The first-order chi connectivity index (χ1) is 10.1. The number of nitrogens with one attached hydrogen (secondary N) is 1. The average Bonchev–Trinajstić information content (AvgIpc) is 2.85. The van der Waals surface area contributed by atoms with Crippen LogP contribution < -0.4 is 5.32 Å². The molecule has 2 aliphatic rings. The SMILES string of the molecule is CC1CCC2(CC1)CSC(=NC(C)c1cccc(Cl)c1)N2. The normalized spacial score (nSPS) is 32.3. The van der Waals surface area contributed by atoms with Crippen LogP contribution in [0.4, 0.5) is 0 Å². The molecular formula is C17H23ClN2S. The van der Waals surface area contributed by atoms with Crippen molar-refractivity contribution in [2.24, 2.45) is 10.9 Å². The summed E-state index contributed by atoms with van der Waals surface area (Å²) < 4.78 is 0. The molecule has 114 valence electrons. The summed E-state index contributed by atoms with van der Waals surface area (Å²) in [4.78, 5) is 4.87. The molecule has 1 aliphatic heterocycles. The van der Waals surface area contributed by atoms with E-state index in [1.54, 1.807) is 0 Å². The van der Waals surface area contributed by atoms with Crippen molar-refractivity contribution in [3.05, 3.63) is 34.9 Å². The van der Waals surface area contributed by atoms with E-state index in [-0.39, 0.29) is 6.04 Å². The number of amidine groups is 1. The molecule has 1 saturated heterocycles. The Morgan fingerprint density at radius 1 is 1.38 bits per heavy atom. The summed E-state index contributed by atoms with van der Waals surface area (Å²) in [6.45, 7) is 4.50. The molecule has 1 aromatic carbocycles. The van der Waals surface area contributed by atoms with Gasteiger partial charge in [-0.3, -0.25) is 4.99 Å². The summed E-state index contributed by atoms with van der Waals surface area (Å²) in [6.07, 6.45) is 5.24. The minimum absolute atomic E-state index is 0.149. The summed E-state index contributed by atoms with van der Waals surface area (Å²) in [5.41, 5.74) is 1.49. The van der Waals surface area contributed by atoms with Crippen LogP contribution in [0.3, 0.4) is 0 Å². The minimum atomic E-state index is 0.149. The van der Waals surface area contributed by atoms with Crippen LogP contribution in [0.1, 0.15) is 51.1 Å². The number of rotatable bonds is 2. The molecule has 1 aliphatic carbocycles. The average molecular weight is 323 g/mol. The second-order valence-electron chi connectivity index (χ2n) is 6.54. The van der Waals surface area contributed by atoms with Crippen molar-refractivity contribution < 1.29 is 0 Å². The Labute approximate surface area is 136 Å². The zero-order chi connectivity index (χ0) is 14.9. The van der Waals surface area contributed by atoms with E-state index in [1.165, 1.54) is 37.0 Å². The monoisotopic (exact) mass is 322 g/mol. The highest BCUT2D eigenvalue weighted by molar-refractivity contribution is 8.14. The lowest BCUT2D eigenvalue weighted by molar-refractivity contribution is 0.250. The maximum absolute atomic E-state index is 6.07. The molecule has 0 amide bonds. The maximum atomic E-state index is 6.07. The van der Waals surface area contributed by atoms with E-state index in [0.29, 0.717) is 5.54 Å². The second-order valence-corrected chi connectivity index (χ2v) is 7.94. The number of thioether (sulfide) groups is 1. The fourth-order valence-corrected chi connectivity index (χ4v) is 4.67. The van der Waals surface area contributed by atoms with E-state index in [2.05, 4.69) is 25.2 Å². The van der Waals surface area contributed by atoms with Gasteiger partial charge in [0.15, 0.2) is 5.17 Å². The van der Waals surface area contributed by atoms with Gasteiger partial charge in [-0.05, 0) is 56.2 Å². The highest BCUT2D eigenvalue weighted by Gasteiger charge is 2.39. The highest BCUT2D eigenvalue weighted by atomic mass is 35.5. The molecule has 0 radical (unpaired) electrons. The first-order valence-corrected chi connectivity index (χ1v) is 9.17. The van der Waals surface area contributed by atoms with E-state index in [1.807, 2.05) is 30.0 Å². The van der Waals surface area contributed by atoms with Crippen LogP contribution in [-0.2, 0) is 0 Å². The van der Waals surface area contributed by atoms with Crippen molar-refractivity contribution in [1.82, 2.24) is 5.32 Å². The maximum Gasteiger partial charge on any atom is 0.157 e. The number of aliphatic imine (C=N–C) groups is 1. The Bertz CT molecular complexity index is 535. The summed E-state index contributed by atoms with van der Waals surface area (Å²) in [5.74, 6) is 2.05. The van der Waals surface area contributed by atoms with E-state index < -0.39 is 0 Å². The Hall–Kier alpha value is -0.670. The molecule has 2 fully saturated rings. The molecule has 1 heterocycles. The molecule has 2 nitrogen and oxygen atoms in total. The van der Waals surface area contributed by atoms with Crippen molar-refractivity contribution >= 4 is 28.5 Å². The Morgan fingerprint density at radius 3 is 2.86 bits per heavy atom. The lowest BCUT2D eigenvalue weighted by atomic mass is 9.78. The van der Waals surface area contributed by atoms with Gasteiger partial charge in [-0.2, -0.15) is 0 Å². The summed E-state index contributed by atoms with van der Waals surface area (Å²) in [6, 6.07) is 8.15. The first kappa shape index (κ1) is 15.2. The Kier molecular flexibility index (Phi) is 4.51. The molecule has 1 saturated carbocycles. The van der Waals surface area contributed by atoms with E-state index >= 15 is 0 Å². The van der Waals surface area contributed by atoms with Gasteiger partial charge in [-0.1, -0.05) is 42.4 Å². The smallest absolute Gasteiger partial charge is 0.157 e. The number of benzene rings is 1. The largest absolute Gasteiger partial charge is 0.359 e. The molecule has 4 heteroatoms. The van der Waals surface area contributed by atoms with Gasteiger partial charge < -0.3 is 5.32 Å². The van der Waals surface area contributed by atoms with Crippen molar-refractivity contribution in [3.8, 4) is 0 Å². The molecule has 0 bridgehead atoms. The molecule has 1 N–H and O–H groups in total. The van der Waals surface area contributed by atoms with Crippen LogP contribution in [0.5, 0.6) is 0 Å². The molecule has 0 aromatic heterocycles. The quantitative estimate of drug-likeness (QED) is 0.824. The fraction of sp³-hybridized carbons (Fsp3) is 0.588. The number of nitrogens with zero attached hydrogens (tertiary/aromatic N) is 1. The van der Waals surface area contributed by atoms with Crippen molar-refractivity contribution in [1.29, 1.82) is 0 Å². The van der Waals surface area contributed by atoms with Crippen molar-refractivity contribution in [2.45, 2.75) is 51.1 Å². The summed E-state index contributed by atoms with van der Waals surface area (Å²) in [5, 5.41) is 5.61. The lowest BCUT2D eigenvalue weighted by Crippen LogP contribution is -2.46. The van der Waals surface area contributed by atoms with Crippen LogP contribution in [0, 0.1) is 5.92 Å². The van der Waals surface area contributed by atoms with Crippen molar-refractivity contribution in [2.75, 3.05) is 5.75 Å². The summed E-state index contributed by atoms with van der Waals surface area (Å²) in [7, 11) is 0. The van der Waals surface area contributed by atoms with Crippen LogP contribution in [-0.4, -0.2) is 16.5 Å². The van der Waals surface area contributed by atoms with Crippen LogP contribution >= 0.6 is 23.4 Å². The fourth-order valence-electron chi connectivity index (χ4n) is 3.18. The van der Waals surface area contributed by atoms with Gasteiger partial charge in [-0.25, -0.2) is 0 Å². The van der Waals surface area contributed by atoms with Gasteiger partial charge in [0.1, 0.15) is 0 Å². The zero-order valence-electron chi connectivity index (χ0n) is 12.7. The highest BCUT2D eigenvalue weighted by Crippen LogP contribution is 2.38. The number of hydrogen-bond donors (Lipinski definition) is 1. The molecule has 3 rings (SSSR count). The third kappa shape index (κ3) is 3.57. The van der Waals surface area contributed by atoms with Crippen molar-refractivity contribution in [3.63, 3.8) is 0 Å². The van der Waals surface area contributed by atoms with Crippen LogP contribution in [0.15, 0.2) is 29.3 Å². The van der Waals surface area contributed by atoms with Gasteiger partial charge in [0.2, 0.25) is 0 Å². The molecule has 1 aromatic rings. The van der Waals surface area contributed by atoms with Crippen LogP contribution in [0.25, 0.3) is 0 Å².